The maximum Gasteiger partial charge on any atom is 0.422 e. The molecule has 1 heterocycles. The number of carbonyl (C=O) groups excluding carboxylic acids is 1. The van der Waals surface area contributed by atoms with Gasteiger partial charge in [0.25, 0.3) is 0 Å². The van der Waals surface area contributed by atoms with Crippen LogP contribution in [0.25, 0.3) is 0 Å². The van der Waals surface area contributed by atoms with Crippen molar-refractivity contribution < 1.29 is 27.4 Å². The topological polar surface area (TPSA) is 73.3 Å². The molecular weight excluding hydrogens is 375 g/mol. The Bertz CT molecular complexity index is 785. The summed E-state index contributed by atoms with van der Waals surface area (Å²) in [6.07, 6.45) is -1.29. The fraction of sp³-hybridized carbons (Fsp3) is 0.421. The van der Waals surface area contributed by atoms with Gasteiger partial charge in [-0.05, 0) is 25.5 Å². The highest BCUT2D eigenvalue weighted by atomic mass is 19.4. The molecule has 1 saturated carbocycles. The summed E-state index contributed by atoms with van der Waals surface area (Å²) in [6, 6.07) is 8.97. The lowest BCUT2D eigenvalue weighted by molar-refractivity contribution is -0.154. The van der Waals surface area contributed by atoms with Crippen LogP contribution >= 0.6 is 0 Å². The number of para-hydroxylation sites is 1. The van der Waals surface area contributed by atoms with Gasteiger partial charge in [-0.3, -0.25) is 9.78 Å². The van der Waals surface area contributed by atoms with E-state index in [0.717, 1.165) is 18.4 Å². The van der Waals surface area contributed by atoms with Crippen LogP contribution in [-0.4, -0.2) is 35.3 Å². The summed E-state index contributed by atoms with van der Waals surface area (Å²) in [5.74, 6) is 0.489. The maximum atomic E-state index is 12.3. The average molecular weight is 395 g/mol. The second kappa shape index (κ2) is 8.45. The van der Waals surface area contributed by atoms with Gasteiger partial charge >= 0.3 is 6.18 Å². The van der Waals surface area contributed by atoms with Crippen molar-refractivity contribution in [2.75, 3.05) is 13.2 Å². The van der Waals surface area contributed by atoms with Gasteiger partial charge in [0.1, 0.15) is 5.75 Å². The second-order valence-corrected chi connectivity index (χ2v) is 6.64. The summed E-state index contributed by atoms with van der Waals surface area (Å²) in [6.45, 7) is 0.777. The molecule has 3 atom stereocenters. The SMILES string of the molecule is C[C@@H](NC(=O)C1CC1COc1ccccc1)c1cnc(OCC(F)(F)F)cn1. The van der Waals surface area contributed by atoms with Crippen molar-refractivity contribution in [1.29, 1.82) is 0 Å². The van der Waals surface area contributed by atoms with E-state index in [0.29, 0.717) is 12.3 Å². The van der Waals surface area contributed by atoms with Crippen LogP contribution in [0.3, 0.4) is 0 Å². The molecule has 0 radical (unpaired) electrons. The summed E-state index contributed by atoms with van der Waals surface area (Å²) >= 11 is 0. The Morgan fingerprint density at radius 3 is 2.61 bits per heavy atom. The summed E-state index contributed by atoms with van der Waals surface area (Å²) in [5, 5.41) is 2.84. The molecule has 28 heavy (non-hydrogen) atoms. The summed E-state index contributed by atoms with van der Waals surface area (Å²) in [4.78, 5) is 20.1. The number of hydrogen-bond acceptors (Lipinski definition) is 5. The molecular formula is C19H20F3N3O3. The second-order valence-electron chi connectivity index (χ2n) is 6.64. The van der Waals surface area contributed by atoms with Gasteiger partial charge < -0.3 is 14.8 Å². The fourth-order valence-electron chi connectivity index (χ4n) is 2.65. The van der Waals surface area contributed by atoms with Crippen LogP contribution in [0.2, 0.25) is 0 Å². The number of nitrogens with one attached hydrogen (secondary N) is 1. The van der Waals surface area contributed by atoms with E-state index in [2.05, 4.69) is 20.0 Å². The monoisotopic (exact) mass is 395 g/mol. The third-order valence-corrected chi connectivity index (χ3v) is 4.30. The highest BCUT2D eigenvalue weighted by Gasteiger charge is 2.43. The Morgan fingerprint density at radius 1 is 1.21 bits per heavy atom. The predicted octanol–water partition coefficient (Wildman–Crippen LogP) is 3.31. The number of alkyl halides is 3. The van der Waals surface area contributed by atoms with E-state index in [1.54, 1.807) is 6.92 Å². The van der Waals surface area contributed by atoms with E-state index in [1.807, 2.05) is 30.3 Å². The lowest BCUT2D eigenvalue weighted by atomic mass is 10.2. The Balaban J connectivity index is 1.43. The van der Waals surface area contributed by atoms with Crippen LogP contribution in [0.15, 0.2) is 42.7 Å². The molecule has 1 aliphatic carbocycles. The number of amides is 1. The van der Waals surface area contributed by atoms with Gasteiger partial charge in [0.05, 0.1) is 30.7 Å². The third-order valence-electron chi connectivity index (χ3n) is 4.30. The fourth-order valence-corrected chi connectivity index (χ4v) is 2.65. The minimum Gasteiger partial charge on any atom is -0.493 e. The molecule has 1 aromatic heterocycles. The molecule has 6 nitrogen and oxygen atoms in total. The van der Waals surface area contributed by atoms with Gasteiger partial charge in [-0.25, -0.2) is 4.98 Å². The number of carbonyl (C=O) groups is 1. The molecule has 1 aromatic carbocycles. The van der Waals surface area contributed by atoms with Gasteiger partial charge in [-0.15, -0.1) is 0 Å². The number of nitrogens with zero attached hydrogens (tertiary/aromatic N) is 2. The summed E-state index contributed by atoms with van der Waals surface area (Å²) in [7, 11) is 0. The first kappa shape index (κ1) is 19.9. The summed E-state index contributed by atoms with van der Waals surface area (Å²) in [5.41, 5.74) is 0.436. The number of benzene rings is 1. The van der Waals surface area contributed by atoms with E-state index >= 15 is 0 Å². The van der Waals surface area contributed by atoms with Crippen molar-refractivity contribution in [1.82, 2.24) is 15.3 Å². The van der Waals surface area contributed by atoms with Gasteiger partial charge in [0.15, 0.2) is 6.61 Å². The van der Waals surface area contributed by atoms with Crippen LogP contribution in [0.1, 0.15) is 25.1 Å². The quantitative estimate of drug-likeness (QED) is 0.742. The van der Waals surface area contributed by atoms with Crippen molar-refractivity contribution in [2.24, 2.45) is 11.8 Å². The van der Waals surface area contributed by atoms with Crippen molar-refractivity contribution in [2.45, 2.75) is 25.6 Å². The first-order valence-electron chi connectivity index (χ1n) is 8.81. The minimum absolute atomic E-state index is 0.103. The molecule has 1 aliphatic rings. The Kier molecular flexibility index (Phi) is 6.01. The molecule has 3 rings (SSSR count). The van der Waals surface area contributed by atoms with Gasteiger partial charge in [-0.1, -0.05) is 18.2 Å². The molecule has 2 aromatic rings. The van der Waals surface area contributed by atoms with Crippen LogP contribution in [0, 0.1) is 11.8 Å². The van der Waals surface area contributed by atoms with Crippen LogP contribution in [0.5, 0.6) is 11.6 Å². The highest BCUT2D eigenvalue weighted by molar-refractivity contribution is 5.81. The average Bonchev–Trinajstić information content (AvgIpc) is 3.45. The standard InChI is InChI=1S/C19H20F3N3O3/c1-12(16-8-24-17(9-23-16)28-11-19(20,21)22)25-18(26)15-7-13(15)10-27-14-5-3-2-4-6-14/h2-6,8-9,12-13,15H,7,10-11H2,1H3,(H,25,26)/t12-,13?,15?/m1/s1. The normalized spacial score (nSPS) is 19.6. The number of rotatable bonds is 8. The van der Waals surface area contributed by atoms with Crippen molar-refractivity contribution >= 4 is 5.91 Å². The summed E-state index contributed by atoms with van der Waals surface area (Å²) < 4.78 is 46.6. The van der Waals surface area contributed by atoms with Crippen molar-refractivity contribution in [3.63, 3.8) is 0 Å². The lowest BCUT2D eigenvalue weighted by Gasteiger charge is -2.14. The number of hydrogen-bond donors (Lipinski definition) is 1. The van der Waals surface area contributed by atoms with Gasteiger partial charge in [0.2, 0.25) is 11.8 Å². The van der Waals surface area contributed by atoms with E-state index < -0.39 is 18.8 Å². The molecule has 9 heteroatoms. The van der Waals surface area contributed by atoms with Crippen LogP contribution in [0.4, 0.5) is 13.2 Å². The number of halogens is 3. The zero-order chi connectivity index (χ0) is 20.1. The van der Waals surface area contributed by atoms with E-state index in [9.17, 15) is 18.0 Å². The van der Waals surface area contributed by atoms with E-state index in [4.69, 9.17) is 4.74 Å². The zero-order valence-electron chi connectivity index (χ0n) is 15.1. The van der Waals surface area contributed by atoms with Gasteiger partial charge in [0, 0.05) is 11.8 Å². The van der Waals surface area contributed by atoms with E-state index in [1.165, 1.54) is 6.20 Å². The number of aromatic nitrogens is 2. The molecule has 150 valence electrons. The largest absolute Gasteiger partial charge is 0.493 e. The predicted molar refractivity (Wildman–Crippen MR) is 93.7 cm³/mol. The van der Waals surface area contributed by atoms with Crippen molar-refractivity contribution in [3.8, 4) is 11.6 Å². The maximum absolute atomic E-state index is 12.3. The van der Waals surface area contributed by atoms with E-state index in [-0.39, 0.29) is 23.6 Å². The Hall–Kier alpha value is -2.84. The Labute approximate surface area is 160 Å². The smallest absolute Gasteiger partial charge is 0.422 e. The molecule has 1 N–H and O–H groups in total. The molecule has 1 amide bonds. The first-order chi connectivity index (χ1) is 13.3. The zero-order valence-corrected chi connectivity index (χ0v) is 15.1. The highest BCUT2D eigenvalue weighted by Crippen LogP contribution is 2.39. The van der Waals surface area contributed by atoms with Crippen molar-refractivity contribution in [3.05, 3.63) is 48.4 Å². The number of ether oxygens (including phenoxy) is 2. The lowest BCUT2D eigenvalue weighted by Crippen LogP contribution is -2.29. The molecule has 0 spiro atoms. The first-order valence-corrected chi connectivity index (χ1v) is 8.81. The van der Waals surface area contributed by atoms with Gasteiger partial charge in [-0.2, -0.15) is 13.2 Å². The Morgan fingerprint density at radius 2 is 1.96 bits per heavy atom. The molecule has 1 fully saturated rings. The molecule has 0 aliphatic heterocycles. The molecule has 0 bridgehead atoms. The third kappa shape index (κ3) is 5.83. The minimum atomic E-state index is -4.44. The molecule has 0 saturated heterocycles. The van der Waals surface area contributed by atoms with Crippen LogP contribution in [-0.2, 0) is 4.79 Å². The van der Waals surface area contributed by atoms with Crippen LogP contribution < -0.4 is 14.8 Å². The molecule has 2 unspecified atom stereocenters.